The van der Waals surface area contributed by atoms with Gasteiger partial charge in [0.15, 0.2) is 0 Å². The second-order valence-corrected chi connectivity index (χ2v) is 1.40. The summed E-state index contributed by atoms with van der Waals surface area (Å²) in [5, 5.41) is 15.3. The Hall–Kier alpha value is 0.736. The summed E-state index contributed by atoms with van der Waals surface area (Å²) < 4.78 is 7.99. The van der Waals surface area contributed by atoms with Gasteiger partial charge in [0.05, 0.1) is 0 Å². The summed E-state index contributed by atoms with van der Waals surface area (Å²) >= 11 is -0.747. The zero-order valence-electron chi connectivity index (χ0n) is 4.12. The Balaban J connectivity index is 0. The molecule has 0 aromatic rings. The maximum absolute atomic E-state index is 7.65. The van der Waals surface area contributed by atoms with Gasteiger partial charge in [-0.15, -0.1) is 0 Å². The van der Waals surface area contributed by atoms with Gasteiger partial charge in [-0.3, -0.25) is 0 Å². The number of hydrogen-bond donors (Lipinski definition) is 0. The average molecular weight is 202 g/mol. The Labute approximate surface area is 96.0 Å². The first-order chi connectivity index (χ1) is 3.41. The third-order valence-corrected chi connectivity index (χ3v) is 0.741. The smallest absolute Gasteiger partial charge is 0 e. The van der Waals surface area contributed by atoms with Crippen molar-refractivity contribution in [2.75, 3.05) is 0 Å². The first kappa shape index (κ1) is 11.5. The fourth-order valence-electron chi connectivity index (χ4n) is 0.0474. The van der Waals surface area contributed by atoms with Gasteiger partial charge in [-0.05, 0) is 0 Å². The maximum atomic E-state index is 7.65. The van der Waals surface area contributed by atoms with Crippen LogP contribution in [0.25, 0.3) is 0 Å². The fraction of sp³-hybridized carbons (Fsp3) is 0. The molecule has 37 valence electrons. The normalized spacial score (nSPS) is 4.75. The van der Waals surface area contributed by atoms with Crippen LogP contribution in [0, 0.1) is 23.0 Å². The Morgan fingerprint density at radius 1 is 1.12 bits per heavy atom. The Morgan fingerprint density at radius 2 is 1.50 bits per heavy atom. The topological polar surface area (TPSA) is 66.0 Å². The van der Waals surface area contributed by atoms with Crippen LogP contribution in [0.3, 0.4) is 0 Å². The van der Waals surface area contributed by atoms with Crippen LogP contribution in [0.1, 0.15) is 0 Å². The van der Waals surface area contributed by atoms with Crippen molar-refractivity contribution < 1.29 is 7.64 Å². The van der Waals surface area contributed by atoms with Gasteiger partial charge >= 0.3 is 46.3 Å². The van der Waals surface area contributed by atoms with Crippen LogP contribution >= 0.6 is 0 Å². The molecular formula is C2KN2O2Se. The van der Waals surface area contributed by atoms with E-state index in [0.717, 1.165) is 0 Å². The molecule has 0 unspecified atom stereocenters. The van der Waals surface area contributed by atoms with Crippen LogP contribution in [-0.2, 0) is 7.64 Å². The molecule has 0 aromatic carbocycles. The molecule has 4 nitrogen and oxygen atoms in total. The van der Waals surface area contributed by atoms with Crippen molar-refractivity contribution in [2.24, 2.45) is 0 Å². The Kier molecular flexibility index (Phi) is 15.4. The van der Waals surface area contributed by atoms with Gasteiger partial charge in [-0.1, -0.05) is 0 Å². The molecule has 0 amide bonds. The van der Waals surface area contributed by atoms with E-state index in [1.54, 1.807) is 0 Å². The first-order valence-corrected chi connectivity index (χ1v) is 2.59. The third kappa shape index (κ3) is 9.88. The van der Waals surface area contributed by atoms with Crippen molar-refractivity contribution in [3.63, 3.8) is 0 Å². The monoisotopic (exact) mass is 203 g/mol. The van der Waals surface area contributed by atoms with Crippen LogP contribution in [0.4, 0.5) is 0 Å². The van der Waals surface area contributed by atoms with Gasteiger partial charge in [0.25, 0.3) is 0 Å². The molecule has 0 aliphatic carbocycles. The molecule has 0 aromatic heterocycles. The molecule has 0 N–H and O–H groups in total. The number of hydrogen-bond acceptors (Lipinski definition) is 4. The first-order valence-electron chi connectivity index (χ1n) is 1.19. The third-order valence-electron chi connectivity index (χ3n) is 0.143. The van der Waals surface area contributed by atoms with Crippen LogP contribution in [0.2, 0.25) is 0 Å². The van der Waals surface area contributed by atoms with Crippen LogP contribution in [0.15, 0.2) is 0 Å². The van der Waals surface area contributed by atoms with Crippen molar-refractivity contribution in [3.8, 4) is 12.5 Å². The Morgan fingerprint density at radius 3 is 1.75 bits per heavy atom. The number of nitrogens with zero attached hydrogens (tertiary/aromatic N) is 2. The predicted molar refractivity (Wildman–Crippen MR) is 24.9 cm³/mol. The molecule has 0 bridgehead atoms. The Bertz CT molecular complexity index is 102. The van der Waals surface area contributed by atoms with E-state index in [-0.39, 0.29) is 51.4 Å². The minimum atomic E-state index is -0.747. The van der Waals surface area contributed by atoms with Crippen LogP contribution in [-0.4, -0.2) is 67.0 Å². The van der Waals surface area contributed by atoms with E-state index in [0.29, 0.717) is 0 Å². The summed E-state index contributed by atoms with van der Waals surface area (Å²) in [6, 6.07) is 0. The molecule has 0 saturated heterocycles. The van der Waals surface area contributed by atoms with Gasteiger partial charge < -0.3 is 0 Å². The summed E-state index contributed by atoms with van der Waals surface area (Å²) in [7, 11) is 0. The van der Waals surface area contributed by atoms with Crippen molar-refractivity contribution in [3.05, 3.63) is 0 Å². The molecule has 0 fully saturated rings. The van der Waals surface area contributed by atoms with Gasteiger partial charge in [-0.25, -0.2) is 0 Å². The second kappa shape index (κ2) is 10.7. The van der Waals surface area contributed by atoms with E-state index < -0.39 is 15.6 Å². The van der Waals surface area contributed by atoms with Crippen molar-refractivity contribution in [1.82, 2.24) is 0 Å². The van der Waals surface area contributed by atoms with Crippen molar-refractivity contribution in [1.29, 1.82) is 10.5 Å². The summed E-state index contributed by atoms with van der Waals surface area (Å²) in [4.78, 5) is 0. The van der Waals surface area contributed by atoms with E-state index in [2.05, 4.69) is 7.64 Å². The summed E-state index contributed by atoms with van der Waals surface area (Å²) in [5.41, 5.74) is 0. The average Bonchev–Trinajstić information content (AvgIpc) is 1.69. The van der Waals surface area contributed by atoms with Crippen LogP contribution in [0.5, 0.6) is 0 Å². The van der Waals surface area contributed by atoms with E-state index in [1.807, 2.05) is 0 Å². The standard InChI is InChI=1S/C2N2O2Se.K/c3-1-5-7-6-2-4;. The van der Waals surface area contributed by atoms with Crippen molar-refractivity contribution >= 4 is 67.0 Å². The predicted octanol–water partition coefficient (Wildman–Crippen LogP) is -0.865. The van der Waals surface area contributed by atoms with Gasteiger partial charge in [-0.2, -0.15) is 0 Å². The fourth-order valence-corrected chi connectivity index (χ4v) is 0.247. The number of nitriles is 2. The molecule has 0 rings (SSSR count). The summed E-state index contributed by atoms with van der Waals surface area (Å²) in [6.45, 7) is 0. The molecule has 0 heterocycles. The molecule has 6 heteroatoms. The molecule has 1 radical (unpaired) electrons. The minimum Gasteiger partial charge on any atom is 0 e. The SMILES string of the molecule is N#CO[Se]OC#N.[K]. The van der Waals surface area contributed by atoms with Gasteiger partial charge in [0.2, 0.25) is 0 Å². The molecule has 0 spiro atoms. The van der Waals surface area contributed by atoms with Crippen molar-refractivity contribution in [2.45, 2.75) is 0 Å². The summed E-state index contributed by atoms with van der Waals surface area (Å²) in [6.07, 6.45) is 2.71. The molecule has 0 saturated carbocycles. The molecule has 0 aliphatic heterocycles. The largest absolute Gasteiger partial charge is 0 e. The van der Waals surface area contributed by atoms with Crippen LogP contribution < -0.4 is 0 Å². The molecular weight excluding hydrogens is 202 g/mol. The van der Waals surface area contributed by atoms with E-state index in [9.17, 15) is 0 Å². The van der Waals surface area contributed by atoms with Gasteiger partial charge in [0.1, 0.15) is 0 Å². The molecule has 8 heavy (non-hydrogen) atoms. The zero-order chi connectivity index (χ0) is 5.54. The maximum Gasteiger partial charge on any atom is 0 e. The molecule has 0 atom stereocenters. The van der Waals surface area contributed by atoms with E-state index >= 15 is 0 Å². The molecule has 0 aliphatic rings. The summed E-state index contributed by atoms with van der Waals surface area (Å²) in [5.74, 6) is 0. The second-order valence-electron chi connectivity index (χ2n) is 0.417. The number of rotatable bonds is 2. The van der Waals surface area contributed by atoms with E-state index in [1.165, 1.54) is 12.5 Å². The van der Waals surface area contributed by atoms with E-state index in [4.69, 9.17) is 10.5 Å². The quantitative estimate of drug-likeness (QED) is 0.332. The zero-order valence-corrected chi connectivity index (χ0v) is 8.96. The van der Waals surface area contributed by atoms with Gasteiger partial charge in [0, 0.05) is 51.4 Å². The minimum absolute atomic E-state index is 0.